The molecule has 1 aromatic carbocycles. The average Bonchev–Trinajstić information content (AvgIpc) is 3.57. The summed E-state index contributed by atoms with van der Waals surface area (Å²) in [6.45, 7) is 1.31. The van der Waals surface area contributed by atoms with Gasteiger partial charge in [0, 0.05) is 37.9 Å². The van der Waals surface area contributed by atoms with Crippen LogP contribution in [0.1, 0.15) is 64.2 Å². The number of thioether (sulfide) groups is 1. The fourth-order valence-electron chi connectivity index (χ4n) is 6.38. The molecule has 3 fully saturated rings. The number of carbonyl (C=O) groups excluding carboxylic acids is 5. The van der Waals surface area contributed by atoms with Crippen molar-refractivity contribution in [1.29, 1.82) is 0 Å². The first-order valence-electron chi connectivity index (χ1n) is 15.4. The minimum absolute atomic E-state index is 0.0561. The summed E-state index contributed by atoms with van der Waals surface area (Å²) in [4.78, 5) is 71.7. The van der Waals surface area contributed by atoms with Gasteiger partial charge in [-0.1, -0.05) is 50.3 Å². The van der Waals surface area contributed by atoms with Crippen molar-refractivity contribution in [3.8, 4) is 0 Å². The lowest BCUT2D eigenvalue weighted by atomic mass is 9.80. The summed E-state index contributed by atoms with van der Waals surface area (Å²) in [6.07, 6.45) is 8.83. The number of carbonyl (C=O) groups is 5. The summed E-state index contributed by atoms with van der Waals surface area (Å²) in [7, 11) is 1.32. The highest BCUT2D eigenvalue weighted by molar-refractivity contribution is 7.98. The third-order valence-corrected chi connectivity index (χ3v) is 9.52. The molecule has 3 aliphatic rings. The summed E-state index contributed by atoms with van der Waals surface area (Å²) >= 11 is 1.54. The number of Topliss-reactive ketones (excluding diaryl/α,β-unsaturated/α-hetero) is 1. The Morgan fingerprint density at radius 1 is 0.953 bits per heavy atom. The van der Waals surface area contributed by atoms with Crippen molar-refractivity contribution < 1.29 is 28.7 Å². The van der Waals surface area contributed by atoms with Gasteiger partial charge < -0.3 is 30.1 Å². The van der Waals surface area contributed by atoms with Crippen LogP contribution in [0.5, 0.6) is 0 Å². The predicted molar refractivity (Wildman–Crippen MR) is 166 cm³/mol. The number of ketones is 1. The fraction of sp³-hybridized carbons (Fsp3) is 0.645. The Bertz CT molecular complexity index is 1130. The molecule has 0 aromatic heterocycles. The van der Waals surface area contributed by atoms with Crippen LogP contribution in [0.4, 0.5) is 15.3 Å². The molecular weight excluding hydrogens is 570 g/mol. The van der Waals surface area contributed by atoms with Gasteiger partial charge in [-0.05, 0) is 56.2 Å². The number of nitrogens with zero attached hydrogens (tertiary/aromatic N) is 3. The summed E-state index contributed by atoms with van der Waals surface area (Å²) in [5.41, 5.74) is -0.494. The van der Waals surface area contributed by atoms with Crippen LogP contribution in [0.3, 0.4) is 0 Å². The normalized spacial score (nSPS) is 19.3. The Kier molecular flexibility index (Phi) is 11.7. The van der Waals surface area contributed by atoms with Crippen molar-refractivity contribution in [3.05, 3.63) is 30.3 Å². The van der Waals surface area contributed by atoms with E-state index in [9.17, 15) is 24.0 Å². The number of hydrogen-bond donors (Lipinski definition) is 2. The largest absolute Gasteiger partial charge is 0.453 e. The SMILES string of the molecule is COC(=O)N1CCN(C(=O)NC2(C(=O)N[C@@H](CCSC)C(=O)C(=O)N(c3ccccc3)C3CCCC3)CCCCC2)CC1. The maximum atomic E-state index is 14.0. The van der Waals surface area contributed by atoms with Crippen LogP contribution in [0.15, 0.2) is 30.3 Å². The number of para-hydroxylation sites is 1. The maximum absolute atomic E-state index is 14.0. The van der Waals surface area contributed by atoms with E-state index in [1.165, 1.54) is 12.0 Å². The first kappa shape index (κ1) is 32.6. The van der Waals surface area contributed by atoms with Crippen LogP contribution < -0.4 is 15.5 Å². The number of urea groups is 1. The molecule has 1 aliphatic heterocycles. The zero-order chi connectivity index (χ0) is 30.8. The zero-order valence-electron chi connectivity index (χ0n) is 25.3. The molecule has 12 heteroatoms. The summed E-state index contributed by atoms with van der Waals surface area (Å²) in [6, 6.07) is 7.84. The Hall–Kier alpha value is -3.28. The highest BCUT2D eigenvalue weighted by Gasteiger charge is 2.44. The second-order valence-corrected chi connectivity index (χ2v) is 12.6. The second-order valence-electron chi connectivity index (χ2n) is 11.6. The summed E-state index contributed by atoms with van der Waals surface area (Å²) in [5.74, 6) is -1.07. The van der Waals surface area contributed by atoms with Gasteiger partial charge in [0.25, 0.3) is 5.91 Å². The van der Waals surface area contributed by atoms with Gasteiger partial charge in [-0.2, -0.15) is 11.8 Å². The van der Waals surface area contributed by atoms with Crippen LogP contribution >= 0.6 is 11.8 Å². The van der Waals surface area contributed by atoms with Gasteiger partial charge in [-0.3, -0.25) is 14.4 Å². The summed E-state index contributed by atoms with van der Waals surface area (Å²) < 4.78 is 4.78. The van der Waals surface area contributed by atoms with Gasteiger partial charge in [0.15, 0.2) is 0 Å². The van der Waals surface area contributed by atoms with Crippen molar-refractivity contribution in [2.75, 3.05) is 50.2 Å². The smallest absolute Gasteiger partial charge is 0.409 e. The molecule has 1 aromatic rings. The van der Waals surface area contributed by atoms with Gasteiger partial charge in [0.2, 0.25) is 11.7 Å². The van der Waals surface area contributed by atoms with Crippen LogP contribution in [0.25, 0.3) is 0 Å². The van der Waals surface area contributed by atoms with Crippen LogP contribution in [-0.2, 0) is 19.1 Å². The Labute approximate surface area is 258 Å². The van der Waals surface area contributed by atoms with E-state index in [0.717, 1.165) is 44.9 Å². The molecule has 1 atom stereocenters. The molecule has 0 spiro atoms. The third kappa shape index (κ3) is 8.01. The molecule has 11 nitrogen and oxygen atoms in total. The zero-order valence-corrected chi connectivity index (χ0v) is 26.2. The predicted octanol–water partition coefficient (Wildman–Crippen LogP) is 3.57. The van der Waals surface area contributed by atoms with E-state index in [-0.39, 0.29) is 12.1 Å². The number of anilines is 1. The van der Waals surface area contributed by atoms with E-state index in [0.29, 0.717) is 56.9 Å². The minimum Gasteiger partial charge on any atom is -0.453 e. The highest BCUT2D eigenvalue weighted by atomic mass is 32.2. The van der Waals surface area contributed by atoms with Gasteiger partial charge in [-0.25, -0.2) is 9.59 Å². The molecule has 4 rings (SSSR count). The van der Waals surface area contributed by atoms with Gasteiger partial charge in [0.1, 0.15) is 5.54 Å². The quantitative estimate of drug-likeness (QED) is 0.385. The molecule has 0 unspecified atom stereocenters. The molecule has 0 bridgehead atoms. The Morgan fingerprint density at radius 3 is 2.19 bits per heavy atom. The number of piperazine rings is 1. The van der Waals surface area contributed by atoms with Crippen molar-refractivity contribution in [2.45, 2.75) is 81.8 Å². The van der Waals surface area contributed by atoms with E-state index in [4.69, 9.17) is 4.74 Å². The monoisotopic (exact) mass is 615 g/mol. The van der Waals surface area contributed by atoms with E-state index >= 15 is 0 Å². The third-order valence-electron chi connectivity index (χ3n) is 8.87. The standard InChI is InChI=1S/C31H45N5O6S/c1-42-30(41)35-20-18-34(19-21-35)29(40)33-31(16-9-4-10-17-31)28(39)32-25(15-22-43-2)26(37)27(38)36(24-13-7-8-14-24)23-11-5-3-6-12-23/h3,5-6,11-12,24-25H,4,7-10,13-22H2,1-2H3,(H,32,39)(H,33,40)/t25-/m0/s1. The van der Waals surface area contributed by atoms with Crippen LogP contribution in [-0.4, -0.2) is 102 Å². The molecule has 43 heavy (non-hydrogen) atoms. The maximum Gasteiger partial charge on any atom is 0.409 e. The number of methoxy groups -OCH3 is 1. The van der Waals surface area contributed by atoms with Crippen molar-refractivity contribution in [1.82, 2.24) is 20.4 Å². The number of rotatable bonds is 10. The molecular formula is C31H45N5O6S. The number of benzene rings is 1. The Morgan fingerprint density at radius 2 is 1.58 bits per heavy atom. The minimum atomic E-state index is -1.18. The number of amides is 5. The molecule has 2 aliphatic carbocycles. The van der Waals surface area contributed by atoms with Crippen LogP contribution in [0, 0.1) is 0 Å². The first-order chi connectivity index (χ1) is 20.8. The van der Waals surface area contributed by atoms with E-state index in [2.05, 4.69) is 10.6 Å². The van der Waals surface area contributed by atoms with E-state index in [1.807, 2.05) is 36.6 Å². The summed E-state index contributed by atoms with van der Waals surface area (Å²) in [5, 5.41) is 5.94. The molecule has 236 valence electrons. The molecule has 1 saturated heterocycles. The lowest BCUT2D eigenvalue weighted by molar-refractivity contribution is -0.140. The lowest BCUT2D eigenvalue weighted by Gasteiger charge is -2.40. The average molecular weight is 616 g/mol. The van der Waals surface area contributed by atoms with Gasteiger partial charge in [0.05, 0.1) is 13.2 Å². The van der Waals surface area contributed by atoms with E-state index in [1.54, 1.807) is 21.6 Å². The topological polar surface area (TPSA) is 128 Å². The molecule has 2 N–H and O–H groups in total. The van der Waals surface area contributed by atoms with Crippen LogP contribution in [0.2, 0.25) is 0 Å². The molecule has 5 amide bonds. The Balaban J connectivity index is 1.50. The lowest BCUT2D eigenvalue weighted by Crippen LogP contribution is -2.65. The number of hydrogen-bond acceptors (Lipinski definition) is 7. The van der Waals surface area contributed by atoms with Gasteiger partial charge >= 0.3 is 12.1 Å². The number of ether oxygens (including phenoxy) is 1. The van der Waals surface area contributed by atoms with Crippen molar-refractivity contribution >= 4 is 47.2 Å². The highest BCUT2D eigenvalue weighted by Crippen LogP contribution is 2.31. The van der Waals surface area contributed by atoms with Crippen molar-refractivity contribution in [3.63, 3.8) is 0 Å². The first-order valence-corrected chi connectivity index (χ1v) is 16.8. The number of nitrogens with one attached hydrogen (secondary N) is 2. The fourth-order valence-corrected chi connectivity index (χ4v) is 6.85. The molecule has 2 saturated carbocycles. The van der Waals surface area contributed by atoms with Crippen molar-refractivity contribution in [2.24, 2.45) is 0 Å². The second kappa shape index (κ2) is 15.4. The molecule has 0 radical (unpaired) electrons. The molecule has 1 heterocycles. The van der Waals surface area contributed by atoms with Gasteiger partial charge in [-0.15, -0.1) is 0 Å². The van der Waals surface area contributed by atoms with E-state index < -0.39 is 35.3 Å².